The van der Waals surface area contributed by atoms with E-state index >= 15 is 0 Å². The molecule has 0 aliphatic carbocycles. The normalized spacial score (nSPS) is 13.3. The number of hydrogen-bond acceptors (Lipinski definition) is 6. The van der Waals surface area contributed by atoms with Gasteiger partial charge in [0.2, 0.25) is 0 Å². The van der Waals surface area contributed by atoms with E-state index in [0.717, 1.165) is 148 Å². The minimum Gasteiger partial charge on any atom is -0.462 e. The first kappa shape index (κ1) is 64.3. The smallest absolute Gasteiger partial charge is 0.306 e. The highest BCUT2D eigenvalue weighted by molar-refractivity contribution is 5.71. The third kappa shape index (κ3) is 54.1. The average molecular weight is 951 g/mol. The molecule has 1 atom stereocenters. The van der Waals surface area contributed by atoms with Crippen molar-refractivity contribution < 1.29 is 28.6 Å². The Balaban J connectivity index is 4.57. The van der Waals surface area contributed by atoms with Gasteiger partial charge in [0.1, 0.15) is 13.2 Å². The highest BCUT2D eigenvalue weighted by Gasteiger charge is 2.19. The van der Waals surface area contributed by atoms with Crippen LogP contribution < -0.4 is 0 Å². The molecule has 1 unspecified atom stereocenters. The predicted molar refractivity (Wildman–Crippen MR) is 297 cm³/mol. The van der Waals surface area contributed by atoms with Crippen LogP contribution in [0.4, 0.5) is 0 Å². The summed E-state index contributed by atoms with van der Waals surface area (Å²) in [4.78, 5) is 38.1. The Hall–Kier alpha value is -4.71. The third-order valence-electron chi connectivity index (χ3n) is 10.8. The molecule has 386 valence electrons. The van der Waals surface area contributed by atoms with Gasteiger partial charge in [-0.1, -0.05) is 218 Å². The fourth-order valence-electron chi connectivity index (χ4n) is 6.79. The molecular weight excluding hydrogens is 853 g/mol. The maximum Gasteiger partial charge on any atom is 0.306 e. The second kappa shape index (κ2) is 55.9. The van der Waals surface area contributed by atoms with E-state index in [1.807, 2.05) is 12.2 Å². The Labute approximate surface area is 423 Å². The molecule has 0 fully saturated rings. The molecule has 0 spiro atoms. The van der Waals surface area contributed by atoms with Gasteiger partial charge in [0.25, 0.3) is 0 Å². The van der Waals surface area contributed by atoms with Gasteiger partial charge in [-0.05, 0) is 122 Å². The van der Waals surface area contributed by atoms with E-state index < -0.39 is 6.10 Å². The van der Waals surface area contributed by atoms with Crippen LogP contribution in [-0.4, -0.2) is 37.2 Å². The van der Waals surface area contributed by atoms with Gasteiger partial charge < -0.3 is 14.2 Å². The molecule has 0 aromatic heterocycles. The molecule has 0 rings (SSSR count). The van der Waals surface area contributed by atoms with Gasteiger partial charge in [0.15, 0.2) is 6.10 Å². The van der Waals surface area contributed by atoms with Crippen molar-refractivity contribution in [1.82, 2.24) is 0 Å². The van der Waals surface area contributed by atoms with Crippen LogP contribution in [0.1, 0.15) is 213 Å². The number of esters is 3. The van der Waals surface area contributed by atoms with Gasteiger partial charge in [-0.15, -0.1) is 0 Å². The molecule has 69 heavy (non-hydrogen) atoms. The first-order chi connectivity index (χ1) is 34.0. The van der Waals surface area contributed by atoms with Gasteiger partial charge in [0.05, 0.1) is 0 Å². The van der Waals surface area contributed by atoms with Crippen LogP contribution in [0.3, 0.4) is 0 Å². The Morgan fingerprint density at radius 2 is 0.594 bits per heavy atom. The van der Waals surface area contributed by atoms with Gasteiger partial charge in [-0.2, -0.15) is 0 Å². The zero-order chi connectivity index (χ0) is 50.0. The van der Waals surface area contributed by atoms with Crippen LogP contribution in [-0.2, 0) is 28.6 Å². The molecular formula is C63H98O6. The fourth-order valence-corrected chi connectivity index (χ4v) is 6.79. The number of allylic oxidation sites excluding steroid dienone is 24. The number of rotatable bonds is 47. The summed E-state index contributed by atoms with van der Waals surface area (Å²) in [6.45, 7) is 6.24. The number of unbranched alkanes of at least 4 members (excludes halogenated alkanes) is 12. The molecule has 6 nitrogen and oxygen atoms in total. The summed E-state index contributed by atoms with van der Waals surface area (Å²) in [6, 6.07) is 0. The van der Waals surface area contributed by atoms with Crippen LogP contribution in [0.2, 0.25) is 0 Å². The van der Waals surface area contributed by atoms with Crippen LogP contribution in [0, 0.1) is 0 Å². The number of ether oxygens (including phenoxy) is 3. The Kier molecular flexibility index (Phi) is 52.1. The molecule has 0 aliphatic heterocycles. The highest BCUT2D eigenvalue weighted by atomic mass is 16.6. The SMILES string of the molecule is CC/C=C\C/C=C\C/C=C\C/C=C\C/C=C\C/C=C\CCC(=O)OCC(COC(=O)CCCCCCC/C=C\C/C=C\CCC)OC(=O)CCCCCCCC/C=C\C/C=C\C/C=C\C/C=C\CC. The average Bonchev–Trinajstić information content (AvgIpc) is 3.35. The van der Waals surface area contributed by atoms with Crippen LogP contribution in [0.5, 0.6) is 0 Å². The molecule has 0 heterocycles. The lowest BCUT2D eigenvalue weighted by Gasteiger charge is -2.18. The zero-order valence-electron chi connectivity index (χ0n) is 44.0. The lowest BCUT2D eigenvalue weighted by atomic mass is 10.1. The minimum atomic E-state index is -0.829. The van der Waals surface area contributed by atoms with Crippen LogP contribution in [0.25, 0.3) is 0 Å². The Morgan fingerprint density at radius 3 is 0.971 bits per heavy atom. The van der Waals surface area contributed by atoms with E-state index in [4.69, 9.17) is 14.2 Å². The lowest BCUT2D eigenvalue weighted by Crippen LogP contribution is -2.30. The topological polar surface area (TPSA) is 78.9 Å². The van der Waals surface area contributed by atoms with Gasteiger partial charge in [0, 0.05) is 19.3 Å². The van der Waals surface area contributed by atoms with Crippen molar-refractivity contribution in [2.75, 3.05) is 13.2 Å². The van der Waals surface area contributed by atoms with E-state index in [1.54, 1.807) is 0 Å². The van der Waals surface area contributed by atoms with Crippen molar-refractivity contribution in [2.45, 2.75) is 219 Å². The second-order valence-corrected chi connectivity index (χ2v) is 17.4. The highest BCUT2D eigenvalue weighted by Crippen LogP contribution is 2.13. The molecule has 0 amide bonds. The summed E-state index contributed by atoms with van der Waals surface area (Å²) in [5.41, 5.74) is 0. The summed E-state index contributed by atoms with van der Waals surface area (Å²) < 4.78 is 16.7. The van der Waals surface area contributed by atoms with Crippen molar-refractivity contribution in [1.29, 1.82) is 0 Å². The maximum absolute atomic E-state index is 12.8. The van der Waals surface area contributed by atoms with Crippen LogP contribution in [0.15, 0.2) is 146 Å². The Bertz CT molecular complexity index is 1560. The summed E-state index contributed by atoms with van der Waals surface area (Å²) in [5, 5.41) is 0. The quantitative estimate of drug-likeness (QED) is 0.0262. The summed E-state index contributed by atoms with van der Waals surface area (Å²) in [5.74, 6) is -1.04. The minimum absolute atomic E-state index is 0.121. The van der Waals surface area contributed by atoms with Crippen molar-refractivity contribution in [2.24, 2.45) is 0 Å². The van der Waals surface area contributed by atoms with Gasteiger partial charge >= 0.3 is 17.9 Å². The summed E-state index contributed by atoms with van der Waals surface area (Å²) in [6.07, 6.45) is 79.8. The third-order valence-corrected chi connectivity index (χ3v) is 10.8. The number of carbonyl (C=O) groups excluding carboxylic acids is 3. The summed E-state index contributed by atoms with van der Waals surface area (Å²) in [7, 11) is 0. The van der Waals surface area contributed by atoms with Gasteiger partial charge in [-0.25, -0.2) is 0 Å². The zero-order valence-corrected chi connectivity index (χ0v) is 44.0. The monoisotopic (exact) mass is 951 g/mol. The summed E-state index contributed by atoms with van der Waals surface area (Å²) >= 11 is 0. The molecule has 0 saturated carbocycles. The fraction of sp³-hybridized carbons (Fsp3) is 0.571. The van der Waals surface area contributed by atoms with E-state index in [1.165, 1.54) is 19.3 Å². The molecule has 0 bridgehead atoms. The molecule has 0 aromatic carbocycles. The molecule has 0 aliphatic rings. The van der Waals surface area contributed by atoms with Crippen LogP contribution >= 0.6 is 0 Å². The largest absolute Gasteiger partial charge is 0.462 e. The van der Waals surface area contributed by atoms with E-state index in [9.17, 15) is 14.4 Å². The second-order valence-electron chi connectivity index (χ2n) is 17.4. The van der Waals surface area contributed by atoms with E-state index in [-0.39, 0.29) is 44.0 Å². The van der Waals surface area contributed by atoms with E-state index in [2.05, 4.69) is 154 Å². The predicted octanol–water partition coefficient (Wildman–Crippen LogP) is 18.4. The lowest BCUT2D eigenvalue weighted by molar-refractivity contribution is -0.166. The van der Waals surface area contributed by atoms with Crippen molar-refractivity contribution in [3.8, 4) is 0 Å². The standard InChI is InChI=1S/C63H98O6/c1-4-7-10-13-16-19-22-25-27-29-31-33-35-38-41-44-47-50-53-56-62(65)68-59-60(58-67-61(64)55-52-49-46-43-40-37-24-21-18-15-12-9-6-3)69-63(66)57-54-51-48-45-42-39-36-34-32-30-28-26-23-20-17-14-11-8-5-2/h7-8,10-12,15-17,19-21,24-28,31-34,38,41,47,50,60H,4-6,9,13-14,18,22-23,29-30,35-37,39-40,42-46,48-49,51-59H2,1-3H3/b10-7-,11-8-,15-12-,19-16-,20-17-,24-21-,27-25-,28-26-,33-31-,34-32-,41-38-,50-47-. The molecule has 0 aromatic rings. The molecule has 0 radical (unpaired) electrons. The molecule has 0 saturated heterocycles. The number of hydrogen-bond donors (Lipinski definition) is 0. The Morgan fingerprint density at radius 1 is 0.304 bits per heavy atom. The molecule has 6 heteroatoms. The first-order valence-electron chi connectivity index (χ1n) is 27.3. The van der Waals surface area contributed by atoms with Gasteiger partial charge in [-0.3, -0.25) is 14.4 Å². The van der Waals surface area contributed by atoms with Crippen molar-refractivity contribution in [3.05, 3.63) is 146 Å². The maximum atomic E-state index is 12.8. The van der Waals surface area contributed by atoms with Crippen molar-refractivity contribution in [3.63, 3.8) is 0 Å². The number of carbonyl (C=O) groups is 3. The first-order valence-corrected chi connectivity index (χ1v) is 27.3. The molecule has 0 N–H and O–H groups in total. The van der Waals surface area contributed by atoms with E-state index in [0.29, 0.717) is 12.8 Å². The van der Waals surface area contributed by atoms with Crippen molar-refractivity contribution >= 4 is 17.9 Å².